The predicted molar refractivity (Wildman–Crippen MR) is 94.6 cm³/mol. The molecule has 0 aliphatic rings. The fourth-order valence-electron chi connectivity index (χ4n) is 2.50. The standard InChI is InChI=1S/C17H13F2N3O4S/c1-26-8-7-21-13-6-5-10(22(24)25)9-14(13)27-17(21)20-16(23)15-11(18)3-2-4-12(15)19/h2-6,9H,7-8H2,1H3. The average molecular weight is 393 g/mol. The number of methoxy groups -OCH3 is 1. The molecule has 1 amide bonds. The molecule has 1 aromatic heterocycles. The van der Waals surface area contributed by atoms with Crippen molar-refractivity contribution in [2.45, 2.75) is 6.54 Å². The maximum atomic E-state index is 13.8. The maximum Gasteiger partial charge on any atom is 0.285 e. The number of benzene rings is 2. The summed E-state index contributed by atoms with van der Waals surface area (Å²) < 4.78 is 34.8. The van der Waals surface area contributed by atoms with Gasteiger partial charge >= 0.3 is 0 Å². The Morgan fingerprint density at radius 2 is 2.00 bits per heavy atom. The number of non-ortho nitro benzene ring substituents is 1. The van der Waals surface area contributed by atoms with Crippen LogP contribution >= 0.6 is 11.3 Å². The van der Waals surface area contributed by atoms with E-state index in [2.05, 4.69) is 4.99 Å². The van der Waals surface area contributed by atoms with Crippen LogP contribution in [0.5, 0.6) is 0 Å². The number of halogens is 2. The van der Waals surface area contributed by atoms with Crippen molar-refractivity contribution in [2.24, 2.45) is 4.99 Å². The van der Waals surface area contributed by atoms with Gasteiger partial charge in [0.25, 0.3) is 11.6 Å². The molecule has 3 aromatic rings. The quantitative estimate of drug-likeness (QED) is 0.492. The smallest absolute Gasteiger partial charge is 0.285 e. The Morgan fingerprint density at radius 3 is 2.63 bits per heavy atom. The predicted octanol–water partition coefficient (Wildman–Crippen LogP) is 3.28. The third kappa shape index (κ3) is 3.76. The number of amides is 1. The lowest BCUT2D eigenvalue weighted by molar-refractivity contribution is -0.384. The number of fused-ring (bicyclic) bond motifs is 1. The maximum absolute atomic E-state index is 13.8. The van der Waals surface area contributed by atoms with Crippen LogP contribution in [0.4, 0.5) is 14.5 Å². The Balaban J connectivity index is 2.17. The van der Waals surface area contributed by atoms with E-state index < -0.39 is 28.0 Å². The normalized spacial score (nSPS) is 11.9. The lowest BCUT2D eigenvalue weighted by atomic mass is 10.2. The van der Waals surface area contributed by atoms with Gasteiger partial charge in [-0.1, -0.05) is 17.4 Å². The molecule has 7 nitrogen and oxygen atoms in total. The van der Waals surface area contributed by atoms with Crippen LogP contribution in [0.15, 0.2) is 41.4 Å². The zero-order valence-corrected chi connectivity index (χ0v) is 14.8. The fourth-order valence-corrected chi connectivity index (χ4v) is 3.59. The van der Waals surface area contributed by atoms with E-state index >= 15 is 0 Å². The molecule has 0 N–H and O–H groups in total. The number of hydrogen-bond donors (Lipinski definition) is 0. The first kappa shape index (κ1) is 18.8. The van der Waals surface area contributed by atoms with Crippen molar-refractivity contribution in [1.29, 1.82) is 0 Å². The third-order valence-electron chi connectivity index (χ3n) is 3.77. The van der Waals surface area contributed by atoms with E-state index in [4.69, 9.17) is 4.74 Å². The number of nitro groups is 1. The molecule has 0 aliphatic carbocycles. The second-order valence-electron chi connectivity index (χ2n) is 5.45. The molecule has 0 unspecified atom stereocenters. The van der Waals surface area contributed by atoms with Gasteiger partial charge in [0.1, 0.15) is 17.2 Å². The van der Waals surface area contributed by atoms with Crippen LogP contribution in [-0.2, 0) is 11.3 Å². The van der Waals surface area contributed by atoms with Gasteiger partial charge in [-0.05, 0) is 18.2 Å². The van der Waals surface area contributed by atoms with Crippen molar-refractivity contribution in [2.75, 3.05) is 13.7 Å². The number of carbonyl (C=O) groups is 1. The number of carbonyl (C=O) groups excluding carboxylic acids is 1. The Kier molecular flexibility index (Phi) is 5.38. The van der Waals surface area contributed by atoms with E-state index in [0.29, 0.717) is 16.8 Å². The van der Waals surface area contributed by atoms with E-state index in [9.17, 15) is 23.7 Å². The summed E-state index contributed by atoms with van der Waals surface area (Å²) in [6, 6.07) is 7.32. The van der Waals surface area contributed by atoms with Crippen LogP contribution in [0.3, 0.4) is 0 Å². The number of ether oxygens (including phenoxy) is 1. The first-order chi connectivity index (χ1) is 12.9. The molecule has 10 heteroatoms. The summed E-state index contributed by atoms with van der Waals surface area (Å²) in [6.45, 7) is 0.596. The first-order valence-electron chi connectivity index (χ1n) is 7.72. The summed E-state index contributed by atoms with van der Waals surface area (Å²) in [5, 5.41) is 11.0. The van der Waals surface area contributed by atoms with Gasteiger partial charge < -0.3 is 9.30 Å². The number of nitro benzene ring substituents is 1. The Bertz CT molecular complexity index is 1090. The van der Waals surface area contributed by atoms with Gasteiger partial charge in [-0.2, -0.15) is 4.99 Å². The molecular weight excluding hydrogens is 380 g/mol. The third-order valence-corrected chi connectivity index (χ3v) is 4.81. The van der Waals surface area contributed by atoms with Gasteiger partial charge in [0, 0.05) is 25.8 Å². The second kappa shape index (κ2) is 7.72. The highest BCUT2D eigenvalue weighted by Gasteiger charge is 2.18. The highest BCUT2D eigenvalue weighted by molar-refractivity contribution is 7.16. The van der Waals surface area contributed by atoms with Crippen LogP contribution in [0, 0.1) is 21.7 Å². The molecule has 0 atom stereocenters. The van der Waals surface area contributed by atoms with Crippen molar-refractivity contribution < 1.29 is 23.2 Å². The Morgan fingerprint density at radius 1 is 1.30 bits per heavy atom. The van der Waals surface area contributed by atoms with E-state index in [1.165, 1.54) is 25.3 Å². The minimum Gasteiger partial charge on any atom is -0.383 e. The van der Waals surface area contributed by atoms with Gasteiger partial charge in [-0.3, -0.25) is 14.9 Å². The Hall–Kier alpha value is -2.98. The molecule has 0 bridgehead atoms. The molecule has 0 aliphatic heterocycles. The fraction of sp³-hybridized carbons (Fsp3) is 0.176. The molecule has 2 aromatic carbocycles. The lowest BCUT2D eigenvalue weighted by Gasteiger charge is -2.04. The number of rotatable bonds is 5. The summed E-state index contributed by atoms with van der Waals surface area (Å²) >= 11 is 1.01. The topological polar surface area (TPSA) is 86.7 Å². The van der Waals surface area contributed by atoms with Crippen LogP contribution in [0.25, 0.3) is 10.2 Å². The van der Waals surface area contributed by atoms with Crippen LogP contribution in [-0.4, -0.2) is 29.1 Å². The molecule has 0 fully saturated rings. The summed E-state index contributed by atoms with van der Waals surface area (Å²) in [5.74, 6) is -3.09. The summed E-state index contributed by atoms with van der Waals surface area (Å²) in [4.78, 5) is 26.8. The minimum atomic E-state index is -1.07. The highest BCUT2D eigenvalue weighted by Crippen LogP contribution is 2.23. The first-order valence-corrected chi connectivity index (χ1v) is 8.54. The van der Waals surface area contributed by atoms with E-state index in [0.717, 1.165) is 29.5 Å². The van der Waals surface area contributed by atoms with Gasteiger partial charge in [0.05, 0.1) is 21.7 Å². The van der Waals surface area contributed by atoms with Gasteiger partial charge in [0.15, 0.2) is 4.80 Å². The number of nitrogens with zero attached hydrogens (tertiary/aromatic N) is 3. The van der Waals surface area contributed by atoms with Crippen LogP contribution in [0.2, 0.25) is 0 Å². The summed E-state index contributed by atoms with van der Waals surface area (Å²) in [5.41, 5.74) is -0.261. The second-order valence-corrected chi connectivity index (χ2v) is 6.46. The van der Waals surface area contributed by atoms with E-state index in [-0.39, 0.29) is 17.1 Å². The average Bonchev–Trinajstić information content (AvgIpc) is 2.95. The van der Waals surface area contributed by atoms with Crippen molar-refractivity contribution in [1.82, 2.24) is 4.57 Å². The zero-order chi connectivity index (χ0) is 19.6. The molecule has 1 heterocycles. The summed E-state index contributed by atoms with van der Waals surface area (Å²) in [6.07, 6.45) is 0. The lowest BCUT2D eigenvalue weighted by Crippen LogP contribution is -2.20. The molecular formula is C17H13F2N3O4S. The SMILES string of the molecule is COCCn1c(=NC(=O)c2c(F)cccc2F)sc2cc([N+](=O)[O-])ccc21. The van der Waals surface area contributed by atoms with E-state index in [1.54, 1.807) is 4.57 Å². The van der Waals surface area contributed by atoms with Crippen LogP contribution in [0.1, 0.15) is 10.4 Å². The van der Waals surface area contributed by atoms with Crippen molar-refractivity contribution >= 4 is 33.1 Å². The molecule has 0 radical (unpaired) electrons. The molecule has 27 heavy (non-hydrogen) atoms. The monoisotopic (exact) mass is 393 g/mol. The number of hydrogen-bond acceptors (Lipinski definition) is 5. The molecule has 0 saturated heterocycles. The minimum absolute atomic E-state index is 0.110. The van der Waals surface area contributed by atoms with Crippen LogP contribution < -0.4 is 4.80 Å². The largest absolute Gasteiger partial charge is 0.383 e. The van der Waals surface area contributed by atoms with Gasteiger partial charge in [0.2, 0.25) is 0 Å². The van der Waals surface area contributed by atoms with Crippen molar-refractivity contribution in [3.05, 3.63) is 68.5 Å². The number of aromatic nitrogens is 1. The highest BCUT2D eigenvalue weighted by atomic mass is 32.1. The summed E-state index contributed by atoms with van der Waals surface area (Å²) in [7, 11) is 1.50. The van der Waals surface area contributed by atoms with Crippen molar-refractivity contribution in [3.63, 3.8) is 0 Å². The molecule has 3 rings (SSSR count). The van der Waals surface area contributed by atoms with Gasteiger partial charge in [-0.15, -0.1) is 0 Å². The van der Waals surface area contributed by atoms with Gasteiger partial charge in [-0.25, -0.2) is 8.78 Å². The molecule has 0 spiro atoms. The molecule has 140 valence electrons. The number of thiazole rings is 1. The Labute approximate surface area is 155 Å². The zero-order valence-electron chi connectivity index (χ0n) is 14.0. The van der Waals surface area contributed by atoms with Crippen molar-refractivity contribution in [3.8, 4) is 0 Å². The molecule has 0 saturated carbocycles. The van der Waals surface area contributed by atoms with E-state index in [1.807, 2.05) is 0 Å².